The Morgan fingerprint density at radius 2 is 2.29 bits per heavy atom. The van der Waals surface area contributed by atoms with E-state index in [0.717, 1.165) is 11.3 Å². The van der Waals surface area contributed by atoms with Crippen LogP contribution in [0.25, 0.3) is 0 Å². The molecule has 0 bridgehead atoms. The summed E-state index contributed by atoms with van der Waals surface area (Å²) in [7, 11) is 0. The smallest absolute Gasteiger partial charge is 0.270 e. The van der Waals surface area contributed by atoms with Crippen LogP contribution >= 0.6 is 0 Å². The Morgan fingerprint density at radius 1 is 1.53 bits per heavy atom. The van der Waals surface area contributed by atoms with Gasteiger partial charge in [0.05, 0.1) is 11.5 Å². The van der Waals surface area contributed by atoms with E-state index in [1.165, 1.54) is 18.9 Å². The molecule has 0 aliphatic heterocycles. The summed E-state index contributed by atoms with van der Waals surface area (Å²) in [6.07, 6.45) is 2.39. The largest absolute Gasteiger partial charge is 0.494 e. The predicted molar refractivity (Wildman–Crippen MR) is 64.1 cm³/mol. The molecule has 1 aromatic carbocycles. The number of rotatable bonds is 6. The van der Waals surface area contributed by atoms with Gasteiger partial charge in [0.2, 0.25) is 0 Å². The third-order valence-corrected chi connectivity index (χ3v) is 2.71. The maximum Gasteiger partial charge on any atom is 0.270 e. The van der Waals surface area contributed by atoms with E-state index >= 15 is 0 Å². The fourth-order valence-corrected chi connectivity index (χ4v) is 1.66. The number of hydrogen-bond acceptors (Lipinski definition) is 4. The molecule has 1 saturated carbocycles. The van der Waals surface area contributed by atoms with Gasteiger partial charge in [-0.2, -0.15) is 0 Å². The first-order valence-electron chi connectivity index (χ1n) is 5.84. The fraction of sp³-hybridized carbons (Fsp3) is 0.500. The fourth-order valence-electron chi connectivity index (χ4n) is 1.66. The van der Waals surface area contributed by atoms with E-state index in [1.807, 2.05) is 6.92 Å². The normalized spacial score (nSPS) is 14.6. The first-order valence-corrected chi connectivity index (χ1v) is 5.84. The molecule has 5 heteroatoms. The quantitative estimate of drug-likeness (QED) is 0.607. The second-order valence-corrected chi connectivity index (χ2v) is 4.14. The zero-order chi connectivity index (χ0) is 12.3. The van der Waals surface area contributed by atoms with Crippen molar-refractivity contribution in [1.82, 2.24) is 5.32 Å². The van der Waals surface area contributed by atoms with Gasteiger partial charge in [0.15, 0.2) is 0 Å². The first kappa shape index (κ1) is 11.9. The molecule has 0 atom stereocenters. The zero-order valence-electron chi connectivity index (χ0n) is 9.81. The van der Waals surface area contributed by atoms with Crippen LogP contribution in [0.3, 0.4) is 0 Å². The lowest BCUT2D eigenvalue weighted by atomic mass is 10.1. The van der Waals surface area contributed by atoms with Crippen molar-refractivity contribution in [3.8, 4) is 5.75 Å². The predicted octanol–water partition coefficient (Wildman–Crippen LogP) is 2.25. The molecule has 0 unspecified atom stereocenters. The van der Waals surface area contributed by atoms with Gasteiger partial charge < -0.3 is 10.1 Å². The van der Waals surface area contributed by atoms with Crippen molar-refractivity contribution in [2.45, 2.75) is 32.4 Å². The summed E-state index contributed by atoms with van der Waals surface area (Å²) in [5.74, 6) is 0.728. The molecule has 1 fully saturated rings. The number of nitro groups is 1. The van der Waals surface area contributed by atoms with Crippen molar-refractivity contribution < 1.29 is 9.66 Å². The zero-order valence-corrected chi connectivity index (χ0v) is 9.81. The highest BCUT2D eigenvalue weighted by Gasteiger charge is 2.21. The number of hydrogen-bond donors (Lipinski definition) is 1. The molecular formula is C12H16N2O3. The maximum absolute atomic E-state index is 10.7. The molecule has 0 heterocycles. The van der Waals surface area contributed by atoms with Crippen LogP contribution in [0, 0.1) is 10.1 Å². The van der Waals surface area contributed by atoms with Crippen molar-refractivity contribution >= 4 is 5.69 Å². The Kier molecular flexibility index (Phi) is 3.58. The minimum atomic E-state index is -0.379. The highest BCUT2D eigenvalue weighted by atomic mass is 16.6. The monoisotopic (exact) mass is 236 g/mol. The number of ether oxygens (including phenoxy) is 1. The molecule has 0 spiro atoms. The van der Waals surface area contributed by atoms with Gasteiger partial charge in [-0.3, -0.25) is 10.1 Å². The first-order chi connectivity index (χ1) is 8.20. The summed E-state index contributed by atoms with van der Waals surface area (Å²) in [6.45, 7) is 3.09. The highest BCUT2D eigenvalue weighted by molar-refractivity contribution is 5.43. The standard InChI is InChI=1S/C12H16N2O3/c1-2-17-12-6-5-11(14(15)16)7-9(12)8-13-10-3-4-10/h5-7,10,13H,2-4,8H2,1H3. The Bertz CT molecular complexity index is 416. The summed E-state index contributed by atoms with van der Waals surface area (Å²) >= 11 is 0. The number of benzene rings is 1. The van der Waals surface area contributed by atoms with E-state index in [2.05, 4.69) is 5.32 Å². The summed E-state index contributed by atoms with van der Waals surface area (Å²) in [4.78, 5) is 10.3. The van der Waals surface area contributed by atoms with Crippen LogP contribution < -0.4 is 10.1 Å². The van der Waals surface area contributed by atoms with E-state index < -0.39 is 0 Å². The SMILES string of the molecule is CCOc1ccc([N+](=O)[O-])cc1CNC1CC1. The van der Waals surface area contributed by atoms with E-state index in [0.29, 0.717) is 19.2 Å². The van der Waals surface area contributed by atoms with Gasteiger partial charge in [-0.1, -0.05) is 0 Å². The van der Waals surface area contributed by atoms with Gasteiger partial charge in [-0.15, -0.1) is 0 Å². The van der Waals surface area contributed by atoms with Gasteiger partial charge in [0.25, 0.3) is 5.69 Å². The van der Waals surface area contributed by atoms with Crippen LogP contribution in [0.2, 0.25) is 0 Å². The van der Waals surface area contributed by atoms with E-state index in [4.69, 9.17) is 4.74 Å². The molecule has 0 radical (unpaired) electrons. The third-order valence-electron chi connectivity index (χ3n) is 2.71. The van der Waals surface area contributed by atoms with Gasteiger partial charge in [0.1, 0.15) is 5.75 Å². The van der Waals surface area contributed by atoms with Crippen molar-refractivity contribution in [2.75, 3.05) is 6.61 Å². The van der Waals surface area contributed by atoms with Gasteiger partial charge in [0, 0.05) is 30.3 Å². The Morgan fingerprint density at radius 3 is 2.88 bits per heavy atom. The van der Waals surface area contributed by atoms with Crippen LogP contribution in [-0.4, -0.2) is 17.6 Å². The molecule has 0 amide bonds. The van der Waals surface area contributed by atoms with Gasteiger partial charge in [-0.25, -0.2) is 0 Å². The van der Waals surface area contributed by atoms with Crippen LogP contribution in [0.1, 0.15) is 25.3 Å². The molecule has 1 N–H and O–H groups in total. The molecule has 1 aromatic rings. The molecule has 1 aliphatic rings. The molecule has 0 aromatic heterocycles. The highest BCUT2D eigenvalue weighted by Crippen LogP contribution is 2.26. The van der Waals surface area contributed by atoms with Crippen LogP contribution in [-0.2, 0) is 6.54 Å². The number of non-ortho nitro benzene ring substituents is 1. The van der Waals surface area contributed by atoms with Gasteiger partial charge >= 0.3 is 0 Å². The van der Waals surface area contributed by atoms with E-state index in [-0.39, 0.29) is 10.6 Å². The maximum atomic E-state index is 10.7. The molecule has 1 aliphatic carbocycles. The summed E-state index contributed by atoms with van der Waals surface area (Å²) < 4.78 is 5.46. The molecular weight excluding hydrogens is 220 g/mol. The lowest BCUT2D eigenvalue weighted by molar-refractivity contribution is -0.384. The second kappa shape index (κ2) is 5.14. The molecule has 92 valence electrons. The number of nitro benzene ring substituents is 1. The summed E-state index contributed by atoms with van der Waals surface area (Å²) in [5, 5.41) is 14.1. The van der Waals surface area contributed by atoms with Crippen molar-refractivity contribution in [3.05, 3.63) is 33.9 Å². The van der Waals surface area contributed by atoms with E-state index in [1.54, 1.807) is 12.1 Å². The molecule has 0 saturated heterocycles. The minimum Gasteiger partial charge on any atom is -0.494 e. The summed E-state index contributed by atoms with van der Waals surface area (Å²) in [6, 6.07) is 5.31. The average Bonchev–Trinajstić information content (AvgIpc) is 3.11. The number of nitrogens with zero attached hydrogens (tertiary/aromatic N) is 1. The Labute approximate surface area is 99.9 Å². The van der Waals surface area contributed by atoms with Crippen molar-refractivity contribution in [1.29, 1.82) is 0 Å². The van der Waals surface area contributed by atoms with Crippen LogP contribution in [0.15, 0.2) is 18.2 Å². The third kappa shape index (κ3) is 3.17. The number of nitrogens with one attached hydrogen (secondary N) is 1. The average molecular weight is 236 g/mol. The minimum absolute atomic E-state index is 0.112. The molecule has 2 rings (SSSR count). The lowest BCUT2D eigenvalue weighted by Gasteiger charge is -2.10. The second-order valence-electron chi connectivity index (χ2n) is 4.14. The molecule has 17 heavy (non-hydrogen) atoms. The topological polar surface area (TPSA) is 64.4 Å². The van der Waals surface area contributed by atoms with Gasteiger partial charge in [-0.05, 0) is 25.8 Å². The van der Waals surface area contributed by atoms with Crippen molar-refractivity contribution in [2.24, 2.45) is 0 Å². The Hall–Kier alpha value is -1.62. The summed E-state index contributed by atoms with van der Waals surface area (Å²) in [5.41, 5.74) is 0.967. The van der Waals surface area contributed by atoms with Crippen LogP contribution in [0.5, 0.6) is 5.75 Å². The van der Waals surface area contributed by atoms with Crippen LogP contribution in [0.4, 0.5) is 5.69 Å². The lowest BCUT2D eigenvalue weighted by Crippen LogP contribution is -2.16. The van der Waals surface area contributed by atoms with E-state index in [9.17, 15) is 10.1 Å². The molecule has 5 nitrogen and oxygen atoms in total. The Balaban J connectivity index is 2.15. The van der Waals surface area contributed by atoms with Crippen molar-refractivity contribution in [3.63, 3.8) is 0 Å².